The molecule has 1 unspecified atom stereocenters. The maximum atomic E-state index is 6.06. The van der Waals surface area contributed by atoms with Crippen molar-refractivity contribution in [3.8, 4) is 5.75 Å². The van der Waals surface area contributed by atoms with Crippen LogP contribution in [0.5, 0.6) is 5.75 Å². The molecule has 1 aromatic carbocycles. The third kappa shape index (κ3) is 4.23. The van der Waals surface area contributed by atoms with Gasteiger partial charge in [0.05, 0.1) is 6.10 Å². The molecule has 0 aliphatic rings. The second kappa shape index (κ2) is 5.90. The molecule has 0 aromatic heterocycles. The summed E-state index contributed by atoms with van der Waals surface area (Å²) in [5.74, 6) is 1.44. The Labute approximate surface area is 98.8 Å². The van der Waals surface area contributed by atoms with Gasteiger partial charge in [-0.2, -0.15) is 0 Å². The van der Waals surface area contributed by atoms with Gasteiger partial charge in [0, 0.05) is 6.04 Å². The number of nitrogens with two attached hydrogens (primary N) is 1. The average Bonchev–Trinajstić information content (AvgIpc) is 2.16. The van der Waals surface area contributed by atoms with Crippen molar-refractivity contribution >= 4 is 0 Å². The highest BCUT2D eigenvalue weighted by molar-refractivity contribution is 5.29. The van der Waals surface area contributed by atoms with Crippen LogP contribution in [-0.4, -0.2) is 12.1 Å². The molecule has 0 bridgehead atoms. The van der Waals surface area contributed by atoms with E-state index >= 15 is 0 Å². The molecule has 0 fully saturated rings. The molecule has 0 saturated heterocycles. The molecule has 1 rings (SSSR count). The summed E-state index contributed by atoms with van der Waals surface area (Å²) in [4.78, 5) is 0. The Morgan fingerprint density at radius 1 is 1.19 bits per heavy atom. The van der Waals surface area contributed by atoms with Crippen molar-refractivity contribution in [3.63, 3.8) is 0 Å². The zero-order valence-corrected chi connectivity index (χ0v) is 10.7. The highest BCUT2D eigenvalue weighted by Gasteiger charge is 2.09. The van der Waals surface area contributed by atoms with Gasteiger partial charge in [-0.3, -0.25) is 0 Å². The fraction of sp³-hybridized carbons (Fsp3) is 0.571. The van der Waals surface area contributed by atoms with Crippen LogP contribution in [0.2, 0.25) is 0 Å². The van der Waals surface area contributed by atoms with E-state index in [1.165, 1.54) is 5.56 Å². The standard InChI is InChI=1S/C14H23NO/c1-10(2)14(15)9-12-6-5-7-13(8-12)16-11(3)4/h5-8,10-11,14H,9,15H2,1-4H3. The third-order valence-corrected chi connectivity index (χ3v) is 2.60. The van der Waals surface area contributed by atoms with Crippen LogP contribution in [0.1, 0.15) is 33.3 Å². The van der Waals surface area contributed by atoms with Gasteiger partial charge in [0.25, 0.3) is 0 Å². The number of rotatable bonds is 5. The van der Waals surface area contributed by atoms with Crippen LogP contribution in [-0.2, 0) is 6.42 Å². The lowest BCUT2D eigenvalue weighted by Crippen LogP contribution is -2.28. The maximum Gasteiger partial charge on any atom is 0.119 e. The zero-order chi connectivity index (χ0) is 12.1. The summed E-state index contributed by atoms with van der Waals surface area (Å²) in [6, 6.07) is 8.43. The molecular formula is C14H23NO. The number of hydrogen-bond donors (Lipinski definition) is 1. The Hall–Kier alpha value is -1.02. The smallest absolute Gasteiger partial charge is 0.119 e. The predicted molar refractivity (Wildman–Crippen MR) is 68.7 cm³/mol. The Balaban J connectivity index is 2.67. The first-order valence-corrected chi connectivity index (χ1v) is 6.00. The van der Waals surface area contributed by atoms with E-state index in [9.17, 15) is 0 Å². The second-order valence-electron chi connectivity index (χ2n) is 4.93. The third-order valence-electron chi connectivity index (χ3n) is 2.60. The molecule has 2 nitrogen and oxygen atoms in total. The lowest BCUT2D eigenvalue weighted by Gasteiger charge is -2.16. The van der Waals surface area contributed by atoms with Crippen LogP contribution in [0.25, 0.3) is 0 Å². The molecule has 1 atom stereocenters. The van der Waals surface area contributed by atoms with E-state index in [2.05, 4.69) is 26.0 Å². The highest BCUT2D eigenvalue weighted by atomic mass is 16.5. The van der Waals surface area contributed by atoms with Crippen molar-refractivity contribution in [2.24, 2.45) is 11.7 Å². The van der Waals surface area contributed by atoms with Crippen LogP contribution in [0.4, 0.5) is 0 Å². The summed E-state index contributed by atoms with van der Waals surface area (Å²) >= 11 is 0. The Morgan fingerprint density at radius 3 is 2.44 bits per heavy atom. The maximum absolute atomic E-state index is 6.06. The minimum Gasteiger partial charge on any atom is -0.491 e. The van der Waals surface area contributed by atoms with Gasteiger partial charge < -0.3 is 10.5 Å². The van der Waals surface area contributed by atoms with Crippen LogP contribution in [0.15, 0.2) is 24.3 Å². The molecule has 90 valence electrons. The van der Waals surface area contributed by atoms with Crippen molar-refractivity contribution in [3.05, 3.63) is 29.8 Å². The van der Waals surface area contributed by atoms with E-state index in [4.69, 9.17) is 10.5 Å². The predicted octanol–water partition coefficient (Wildman–Crippen LogP) is 3.00. The molecule has 0 amide bonds. The fourth-order valence-electron chi connectivity index (χ4n) is 1.53. The summed E-state index contributed by atoms with van der Waals surface area (Å²) < 4.78 is 5.66. The van der Waals surface area contributed by atoms with Crippen molar-refractivity contribution in [1.29, 1.82) is 0 Å². The highest BCUT2D eigenvalue weighted by Crippen LogP contribution is 2.17. The second-order valence-corrected chi connectivity index (χ2v) is 4.93. The largest absolute Gasteiger partial charge is 0.491 e. The van der Waals surface area contributed by atoms with Crippen LogP contribution in [0.3, 0.4) is 0 Å². The zero-order valence-electron chi connectivity index (χ0n) is 10.7. The van der Waals surface area contributed by atoms with Gasteiger partial charge in [0.15, 0.2) is 0 Å². The van der Waals surface area contributed by atoms with Gasteiger partial charge in [-0.15, -0.1) is 0 Å². The van der Waals surface area contributed by atoms with Gasteiger partial charge in [-0.25, -0.2) is 0 Å². The fourth-order valence-corrected chi connectivity index (χ4v) is 1.53. The Morgan fingerprint density at radius 2 is 1.88 bits per heavy atom. The van der Waals surface area contributed by atoms with Crippen LogP contribution < -0.4 is 10.5 Å². The minimum atomic E-state index is 0.217. The van der Waals surface area contributed by atoms with Crippen LogP contribution in [0, 0.1) is 5.92 Å². The van der Waals surface area contributed by atoms with Crippen molar-refractivity contribution < 1.29 is 4.74 Å². The first-order chi connectivity index (χ1) is 7.49. The van der Waals surface area contributed by atoms with Crippen molar-refractivity contribution in [2.45, 2.75) is 46.3 Å². The topological polar surface area (TPSA) is 35.2 Å². The number of hydrogen-bond acceptors (Lipinski definition) is 2. The summed E-state index contributed by atoms with van der Waals surface area (Å²) in [5, 5.41) is 0. The van der Waals surface area contributed by atoms with Crippen molar-refractivity contribution in [1.82, 2.24) is 0 Å². The molecule has 2 N–H and O–H groups in total. The van der Waals surface area contributed by atoms with Gasteiger partial charge in [-0.05, 0) is 43.9 Å². The number of ether oxygens (including phenoxy) is 1. The molecule has 0 saturated carbocycles. The molecule has 16 heavy (non-hydrogen) atoms. The van der Waals surface area contributed by atoms with E-state index in [1.807, 2.05) is 26.0 Å². The van der Waals surface area contributed by atoms with E-state index in [0.29, 0.717) is 5.92 Å². The first kappa shape index (κ1) is 13.0. The van der Waals surface area contributed by atoms with E-state index < -0.39 is 0 Å². The molecule has 1 aromatic rings. The van der Waals surface area contributed by atoms with Gasteiger partial charge in [0.2, 0.25) is 0 Å². The number of benzene rings is 1. The van der Waals surface area contributed by atoms with Gasteiger partial charge in [0.1, 0.15) is 5.75 Å². The van der Waals surface area contributed by atoms with E-state index in [-0.39, 0.29) is 12.1 Å². The van der Waals surface area contributed by atoms with E-state index in [0.717, 1.165) is 12.2 Å². The molecule has 0 heterocycles. The summed E-state index contributed by atoms with van der Waals surface area (Å²) in [5.41, 5.74) is 7.31. The van der Waals surface area contributed by atoms with Crippen LogP contribution >= 0.6 is 0 Å². The monoisotopic (exact) mass is 221 g/mol. The Bertz CT molecular complexity index is 320. The van der Waals surface area contributed by atoms with Gasteiger partial charge >= 0.3 is 0 Å². The first-order valence-electron chi connectivity index (χ1n) is 6.00. The molecular weight excluding hydrogens is 198 g/mol. The molecule has 2 heteroatoms. The summed E-state index contributed by atoms with van der Waals surface area (Å²) in [6.07, 6.45) is 1.13. The van der Waals surface area contributed by atoms with Gasteiger partial charge in [-0.1, -0.05) is 26.0 Å². The normalized spacial score (nSPS) is 13.2. The van der Waals surface area contributed by atoms with Crippen molar-refractivity contribution in [2.75, 3.05) is 0 Å². The quantitative estimate of drug-likeness (QED) is 0.829. The molecule has 0 radical (unpaired) electrons. The molecule has 0 aliphatic heterocycles. The lowest BCUT2D eigenvalue weighted by atomic mass is 9.97. The Kier molecular flexibility index (Phi) is 4.81. The SMILES string of the molecule is CC(C)Oc1cccc(CC(N)C(C)C)c1. The van der Waals surface area contributed by atoms with E-state index in [1.54, 1.807) is 0 Å². The average molecular weight is 221 g/mol. The molecule has 0 spiro atoms. The summed E-state index contributed by atoms with van der Waals surface area (Å²) in [7, 11) is 0. The minimum absolute atomic E-state index is 0.217. The lowest BCUT2D eigenvalue weighted by molar-refractivity contribution is 0.242. The molecule has 0 aliphatic carbocycles. The summed E-state index contributed by atoms with van der Waals surface area (Å²) in [6.45, 7) is 8.37.